The third kappa shape index (κ3) is 4.76. The van der Waals surface area contributed by atoms with Gasteiger partial charge in [-0.25, -0.2) is 0 Å². The molecule has 0 radical (unpaired) electrons. The average molecular weight is 280 g/mol. The van der Waals surface area contributed by atoms with Crippen molar-refractivity contribution < 1.29 is 0 Å². The topological polar surface area (TPSA) is 12.0 Å². The van der Waals surface area contributed by atoms with Crippen LogP contribution >= 0.6 is 0 Å². The number of hydrogen-bond acceptors (Lipinski definition) is 1. The fourth-order valence-electron chi connectivity index (χ4n) is 4.79. The third-order valence-corrected chi connectivity index (χ3v) is 5.91. The Hall–Kier alpha value is -0.0400. The van der Waals surface area contributed by atoms with Gasteiger partial charge in [-0.2, -0.15) is 0 Å². The molecule has 1 nitrogen and oxygen atoms in total. The zero-order chi connectivity index (χ0) is 14.4. The van der Waals surface area contributed by atoms with E-state index < -0.39 is 0 Å². The number of rotatable bonds is 7. The lowest BCUT2D eigenvalue weighted by Gasteiger charge is -2.42. The summed E-state index contributed by atoms with van der Waals surface area (Å²) in [6.45, 7) is 8.14. The van der Waals surface area contributed by atoms with Gasteiger partial charge in [0.2, 0.25) is 0 Å². The highest BCUT2D eigenvalue weighted by molar-refractivity contribution is 4.88. The molecule has 0 aromatic carbocycles. The average Bonchev–Trinajstić information content (AvgIpc) is 2.45. The lowest BCUT2D eigenvalue weighted by molar-refractivity contribution is 0.106. The third-order valence-electron chi connectivity index (χ3n) is 5.91. The molecular formula is C19H37N. The second-order valence-corrected chi connectivity index (χ2v) is 7.87. The molecule has 4 unspecified atom stereocenters. The van der Waals surface area contributed by atoms with Crippen molar-refractivity contribution >= 4 is 0 Å². The van der Waals surface area contributed by atoms with Gasteiger partial charge in [0, 0.05) is 6.04 Å². The Morgan fingerprint density at radius 1 is 0.950 bits per heavy atom. The van der Waals surface area contributed by atoms with Crippen molar-refractivity contribution in [2.75, 3.05) is 6.54 Å². The fourth-order valence-corrected chi connectivity index (χ4v) is 4.79. The van der Waals surface area contributed by atoms with E-state index in [9.17, 15) is 0 Å². The van der Waals surface area contributed by atoms with Gasteiger partial charge in [0.1, 0.15) is 0 Å². The Balaban J connectivity index is 1.82. The minimum Gasteiger partial charge on any atom is -0.314 e. The Bertz CT molecular complexity index is 260. The molecule has 4 atom stereocenters. The largest absolute Gasteiger partial charge is 0.314 e. The number of nitrogens with one attached hydrogen (secondary N) is 1. The smallest absolute Gasteiger partial charge is 0.00953 e. The molecule has 2 fully saturated rings. The first kappa shape index (κ1) is 16.3. The van der Waals surface area contributed by atoms with Gasteiger partial charge in [-0.1, -0.05) is 59.3 Å². The second kappa shape index (κ2) is 8.41. The van der Waals surface area contributed by atoms with Gasteiger partial charge < -0.3 is 5.32 Å². The molecule has 0 heterocycles. The summed E-state index contributed by atoms with van der Waals surface area (Å²) in [7, 11) is 0. The van der Waals surface area contributed by atoms with Crippen LogP contribution < -0.4 is 5.32 Å². The van der Waals surface area contributed by atoms with Gasteiger partial charge in [-0.3, -0.25) is 0 Å². The van der Waals surface area contributed by atoms with E-state index in [4.69, 9.17) is 0 Å². The van der Waals surface area contributed by atoms with Crippen molar-refractivity contribution in [2.45, 2.75) is 91.0 Å². The first-order valence-electron chi connectivity index (χ1n) is 9.44. The molecule has 2 aliphatic carbocycles. The first-order valence-corrected chi connectivity index (χ1v) is 9.44. The van der Waals surface area contributed by atoms with E-state index in [1.165, 1.54) is 64.2 Å². The maximum Gasteiger partial charge on any atom is 0.00953 e. The standard InChI is InChI=1S/C19H37N/c1-4-20-19(11-7-8-15(2)3)18-13-12-16-9-5-6-10-17(16)14-18/h15-20H,4-14H2,1-3H3. The maximum atomic E-state index is 3.82. The van der Waals surface area contributed by atoms with Crippen molar-refractivity contribution in [2.24, 2.45) is 23.7 Å². The summed E-state index contributed by atoms with van der Waals surface area (Å²) in [5.41, 5.74) is 0. The molecule has 0 aromatic rings. The minimum atomic E-state index is 0.807. The van der Waals surface area contributed by atoms with Crippen LogP contribution in [0.15, 0.2) is 0 Å². The summed E-state index contributed by atoms with van der Waals surface area (Å²) in [5, 5.41) is 3.82. The summed E-state index contributed by atoms with van der Waals surface area (Å²) in [6, 6.07) is 0.807. The second-order valence-electron chi connectivity index (χ2n) is 7.87. The zero-order valence-electron chi connectivity index (χ0n) is 14.2. The number of hydrogen-bond donors (Lipinski definition) is 1. The summed E-state index contributed by atoms with van der Waals surface area (Å²) in [6.07, 6.45) is 14.9. The summed E-state index contributed by atoms with van der Waals surface area (Å²) >= 11 is 0. The molecule has 20 heavy (non-hydrogen) atoms. The van der Waals surface area contributed by atoms with E-state index in [1.54, 1.807) is 0 Å². The van der Waals surface area contributed by atoms with Gasteiger partial charge in [-0.05, 0) is 55.9 Å². The molecule has 0 aliphatic heterocycles. The molecule has 2 saturated carbocycles. The molecule has 0 bridgehead atoms. The van der Waals surface area contributed by atoms with Crippen molar-refractivity contribution in [3.63, 3.8) is 0 Å². The maximum absolute atomic E-state index is 3.82. The molecule has 0 spiro atoms. The van der Waals surface area contributed by atoms with Crippen LogP contribution in [0.1, 0.15) is 85.0 Å². The fraction of sp³-hybridized carbons (Fsp3) is 1.00. The molecule has 0 aromatic heterocycles. The molecule has 1 N–H and O–H groups in total. The highest BCUT2D eigenvalue weighted by Gasteiger charge is 2.34. The summed E-state index contributed by atoms with van der Waals surface area (Å²) < 4.78 is 0. The molecule has 2 rings (SSSR count). The van der Waals surface area contributed by atoms with Crippen molar-refractivity contribution in [3.05, 3.63) is 0 Å². The van der Waals surface area contributed by atoms with E-state index in [2.05, 4.69) is 26.1 Å². The Kier molecular flexibility index (Phi) is 6.87. The molecular weight excluding hydrogens is 242 g/mol. The first-order chi connectivity index (χ1) is 9.70. The van der Waals surface area contributed by atoms with Crippen LogP contribution in [0, 0.1) is 23.7 Å². The molecule has 0 saturated heterocycles. The van der Waals surface area contributed by atoms with Crippen LogP contribution in [0.5, 0.6) is 0 Å². The quantitative estimate of drug-likeness (QED) is 0.658. The van der Waals surface area contributed by atoms with Gasteiger partial charge in [-0.15, -0.1) is 0 Å². The van der Waals surface area contributed by atoms with E-state index in [0.29, 0.717) is 0 Å². The highest BCUT2D eigenvalue weighted by atomic mass is 14.9. The van der Waals surface area contributed by atoms with Gasteiger partial charge in [0.05, 0.1) is 0 Å². The van der Waals surface area contributed by atoms with Crippen molar-refractivity contribution in [1.82, 2.24) is 5.32 Å². The highest BCUT2D eigenvalue weighted by Crippen LogP contribution is 2.44. The predicted octanol–water partition coefficient (Wildman–Crippen LogP) is 5.40. The molecule has 118 valence electrons. The van der Waals surface area contributed by atoms with Crippen LogP contribution in [-0.4, -0.2) is 12.6 Å². The van der Waals surface area contributed by atoms with Crippen molar-refractivity contribution in [3.8, 4) is 0 Å². The van der Waals surface area contributed by atoms with Gasteiger partial charge >= 0.3 is 0 Å². The lowest BCUT2D eigenvalue weighted by Crippen LogP contribution is -2.41. The summed E-state index contributed by atoms with van der Waals surface area (Å²) in [4.78, 5) is 0. The van der Waals surface area contributed by atoms with Crippen molar-refractivity contribution in [1.29, 1.82) is 0 Å². The van der Waals surface area contributed by atoms with Crippen LogP contribution in [0.3, 0.4) is 0 Å². The Morgan fingerprint density at radius 2 is 1.70 bits per heavy atom. The van der Waals surface area contributed by atoms with Crippen LogP contribution in [0.4, 0.5) is 0 Å². The van der Waals surface area contributed by atoms with Gasteiger partial charge in [0.15, 0.2) is 0 Å². The lowest BCUT2D eigenvalue weighted by atomic mass is 9.65. The molecule has 0 amide bonds. The van der Waals surface area contributed by atoms with E-state index in [1.807, 2.05) is 0 Å². The zero-order valence-corrected chi connectivity index (χ0v) is 14.2. The summed E-state index contributed by atoms with van der Waals surface area (Å²) in [5.74, 6) is 4.01. The van der Waals surface area contributed by atoms with E-state index >= 15 is 0 Å². The van der Waals surface area contributed by atoms with E-state index in [-0.39, 0.29) is 0 Å². The predicted molar refractivity (Wildman–Crippen MR) is 88.9 cm³/mol. The number of fused-ring (bicyclic) bond motifs is 1. The van der Waals surface area contributed by atoms with E-state index in [0.717, 1.165) is 36.3 Å². The minimum absolute atomic E-state index is 0.807. The Labute approximate surface area is 127 Å². The SMILES string of the molecule is CCNC(CCCC(C)C)C1CCC2CCCCC2C1. The molecule has 1 heteroatoms. The van der Waals surface area contributed by atoms with Crippen LogP contribution in [-0.2, 0) is 0 Å². The van der Waals surface area contributed by atoms with Crippen LogP contribution in [0.25, 0.3) is 0 Å². The van der Waals surface area contributed by atoms with Crippen LogP contribution in [0.2, 0.25) is 0 Å². The van der Waals surface area contributed by atoms with Gasteiger partial charge in [0.25, 0.3) is 0 Å². The normalized spacial score (nSPS) is 32.1. The Morgan fingerprint density at radius 3 is 2.40 bits per heavy atom. The monoisotopic (exact) mass is 279 g/mol. The molecule has 2 aliphatic rings.